The molecule has 0 radical (unpaired) electrons. The molecule has 2 fully saturated rings. The number of hydrogen-bond acceptors (Lipinski definition) is 5. The molecule has 3 aliphatic rings. The van der Waals surface area contributed by atoms with Crippen molar-refractivity contribution in [3.63, 3.8) is 0 Å². The minimum atomic E-state index is -1.06. The minimum absolute atomic E-state index is 0.00570. The van der Waals surface area contributed by atoms with Crippen molar-refractivity contribution in [2.24, 2.45) is 5.92 Å². The zero-order chi connectivity index (χ0) is 24.4. The molecule has 2 amide bonds. The topological polar surface area (TPSA) is 114 Å². The minimum Gasteiger partial charge on any atom is -0.479 e. The molecule has 8 heteroatoms. The maximum Gasteiger partial charge on any atom is 0.407 e. The quantitative estimate of drug-likeness (QED) is 0.586. The molecular formula is C27H30N2O6. The zero-order valence-electron chi connectivity index (χ0n) is 19.4. The molecule has 1 saturated carbocycles. The normalized spacial score (nSPS) is 25.4. The van der Waals surface area contributed by atoms with Crippen LogP contribution in [0.5, 0.6) is 0 Å². The molecule has 0 bridgehead atoms. The van der Waals surface area contributed by atoms with E-state index in [0.29, 0.717) is 25.9 Å². The van der Waals surface area contributed by atoms with Gasteiger partial charge < -0.3 is 25.2 Å². The fraction of sp³-hybridized carbons (Fsp3) is 0.444. The Kier molecular flexibility index (Phi) is 6.72. The number of ether oxygens (including phenoxy) is 2. The second-order valence-electron chi connectivity index (χ2n) is 9.56. The number of carbonyl (C=O) groups excluding carboxylic acids is 2. The fourth-order valence-corrected chi connectivity index (χ4v) is 5.65. The lowest BCUT2D eigenvalue weighted by atomic mass is 9.85. The molecule has 0 spiro atoms. The molecular weight excluding hydrogens is 448 g/mol. The summed E-state index contributed by atoms with van der Waals surface area (Å²) in [7, 11) is 0. The molecule has 2 aromatic rings. The van der Waals surface area contributed by atoms with Crippen molar-refractivity contribution >= 4 is 18.0 Å². The Balaban J connectivity index is 1.14. The van der Waals surface area contributed by atoms with Crippen LogP contribution >= 0.6 is 0 Å². The van der Waals surface area contributed by atoms with Crippen LogP contribution in [0, 0.1) is 5.92 Å². The first-order valence-electron chi connectivity index (χ1n) is 12.3. The standard InChI is InChI=1S/C27H30N2O6/c30-25(29-23-12-13-34-24(23)26(31)32)16-6-5-7-17(14-16)28-27(33)35-15-22-20-10-3-1-8-18(20)19-9-2-4-11-21(19)22/h1-4,8-11,16-17,22-24H,5-7,12-15H2,(H,28,33)(H,29,30)(H,31,32)/t16-,17+,23?,24?/m1/s1. The molecule has 2 aromatic carbocycles. The maximum absolute atomic E-state index is 12.8. The summed E-state index contributed by atoms with van der Waals surface area (Å²) in [5, 5.41) is 15.0. The number of aliphatic carboxylic acids is 1. The molecule has 0 aromatic heterocycles. The lowest BCUT2D eigenvalue weighted by molar-refractivity contribution is -0.148. The van der Waals surface area contributed by atoms with E-state index in [2.05, 4.69) is 34.9 Å². The highest BCUT2D eigenvalue weighted by Gasteiger charge is 2.37. The van der Waals surface area contributed by atoms with Crippen molar-refractivity contribution in [2.45, 2.75) is 56.2 Å². The Morgan fingerprint density at radius 3 is 2.31 bits per heavy atom. The van der Waals surface area contributed by atoms with Crippen molar-refractivity contribution in [3.8, 4) is 11.1 Å². The van der Waals surface area contributed by atoms with E-state index in [4.69, 9.17) is 9.47 Å². The summed E-state index contributed by atoms with van der Waals surface area (Å²) in [6, 6.07) is 15.7. The second-order valence-corrected chi connectivity index (χ2v) is 9.56. The number of fused-ring (bicyclic) bond motifs is 3. The highest BCUT2D eigenvalue weighted by molar-refractivity contribution is 5.81. The zero-order valence-corrected chi connectivity index (χ0v) is 19.4. The van der Waals surface area contributed by atoms with E-state index < -0.39 is 24.2 Å². The van der Waals surface area contributed by atoms with Crippen LogP contribution in [0.15, 0.2) is 48.5 Å². The molecule has 2 aliphatic carbocycles. The lowest BCUT2D eigenvalue weighted by Gasteiger charge is -2.30. The van der Waals surface area contributed by atoms with Crippen LogP contribution in [0.2, 0.25) is 0 Å². The highest BCUT2D eigenvalue weighted by Crippen LogP contribution is 2.44. The van der Waals surface area contributed by atoms with Gasteiger partial charge in [-0.05, 0) is 47.9 Å². The molecule has 2 unspecified atom stereocenters. The number of benzene rings is 2. The number of nitrogens with one attached hydrogen (secondary N) is 2. The van der Waals surface area contributed by atoms with Gasteiger partial charge in [-0.25, -0.2) is 9.59 Å². The third-order valence-electron chi connectivity index (χ3n) is 7.37. The predicted molar refractivity (Wildman–Crippen MR) is 128 cm³/mol. The first kappa shape index (κ1) is 23.4. The fourth-order valence-electron chi connectivity index (χ4n) is 5.65. The van der Waals surface area contributed by atoms with Gasteiger partial charge in [0, 0.05) is 24.5 Å². The van der Waals surface area contributed by atoms with Gasteiger partial charge in [0.25, 0.3) is 0 Å². The van der Waals surface area contributed by atoms with Crippen LogP contribution in [0.1, 0.15) is 49.1 Å². The van der Waals surface area contributed by atoms with Crippen molar-refractivity contribution in [3.05, 3.63) is 59.7 Å². The van der Waals surface area contributed by atoms with E-state index in [1.807, 2.05) is 24.3 Å². The summed E-state index contributed by atoms with van der Waals surface area (Å²) < 4.78 is 10.9. The molecule has 5 rings (SSSR count). The van der Waals surface area contributed by atoms with Gasteiger partial charge >= 0.3 is 12.1 Å². The van der Waals surface area contributed by atoms with Crippen LogP contribution in [0.4, 0.5) is 4.79 Å². The van der Waals surface area contributed by atoms with Gasteiger partial charge in [0.15, 0.2) is 6.10 Å². The summed E-state index contributed by atoms with van der Waals surface area (Å²) in [6.45, 7) is 0.563. The third-order valence-corrected chi connectivity index (χ3v) is 7.37. The van der Waals surface area contributed by atoms with Crippen LogP contribution in [-0.2, 0) is 19.1 Å². The number of carboxylic acid groups (broad SMARTS) is 1. The Morgan fingerprint density at radius 1 is 0.943 bits per heavy atom. The molecule has 1 saturated heterocycles. The Labute approximate surface area is 204 Å². The number of hydrogen-bond donors (Lipinski definition) is 3. The lowest BCUT2D eigenvalue weighted by Crippen LogP contribution is -2.48. The monoisotopic (exact) mass is 478 g/mol. The summed E-state index contributed by atoms with van der Waals surface area (Å²) in [5.41, 5.74) is 4.67. The smallest absolute Gasteiger partial charge is 0.407 e. The van der Waals surface area contributed by atoms with Gasteiger partial charge in [0.05, 0.1) is 6.04 Å². The summed E-state index contributed by atoms with van der Waals surface area (Å²) in [4.78, 5) is 36.7. The van der Waals surface area contributed by atoms with Crippen molar-refractivity contribution < 1.29 is 29.0 Å². The van der Waals surface area contributed by atoms with Crippen molar-refractivity contribution in [1.82, 2.24) is 10.6 Å². The molecule has 3 N–H and O–H groups in total. The van der Waals surface area contributed by atoms with Gasteiger partial charge in [-0.1, -0.05) is 55.0 Å². The SMILES string of the molecule is O=C(N[C@H]1CCC[C@@H](C(=O)NC2CCOC2C(=O)O)C1)OCC1c2ccccc2-c2ccccc21. The highest BCUT2D eigenvalue weighted by atomic mass is 16.5. The first-order valence-corrected chi connectivity index (χ1v) is 12.3. The summed E-state index contributed by atoms with van der Waals surface area (Å²) >= 11 is 0. The Morgan fingerprint density at radius 2 is 1.63 bits per heavy atom. The molecule has 8 nitrogen and oxygen atoms in total. The van der Waals surface area contributed by atoms with Gasteiger partial charge in [0.2, 0.25) is 5.91 Å². The third kappa shape index (κ3) is 4.89. The van der Waals surface area contributed by atoms with Crippen LogP contribution in [0.25, 0.3) is 11.1 Å². The van der Waals surface area contributed by atoms with Gasteiger partial charge in [-0.3, -0.25) is 4.79 Å². The Hall–Kier alpha value is -3.39. The average molecular weight is 479 g/mol. The average Bonchev–Trinajstić information content (AvgIpc) is 3.45. The van der Waals surface area contributed by atoms with Crippen molar-refractivity contribution in [1.29, 1.82) is 0 Å². The number of amides is 2. The van der Waals surface area contributed by atoms with Gasteiger partial charge in [-0.15, -0.1) is 0 Å². The maximum atomic E-state index is 12.8. The van der Waals surface area contributed by atoms with E-state index in [1.165, 1.54) is 11.1 Å². The summed E-state index contributed by atoms with van der Waals surface area (Å²) in [6.07, 6.45) is 1.79. The van der Waals surface area contributed by atoms with Crippen LogP contribution < -0.4 is 10.6 Å². The first-order chi connectivity index (χ1) is 17.0. The summed E-state index contributed by atoms with van der Waals surface area (Å²) in [5.74, 6) is -1.52. The van der Waals surface area contributed by atoms with Gasteiger partial charge in [0.1, 0.15) is 6.61 Å². The van der Waals surface area contributed by atoms with Crippen molar-refractivity contribution in [2.75, 3.05) is 13.2 Å². The molecule has 184 valence electrons. The number of alkyl carbamates (subject to hydrolysis) is 1. The molecule has 4 atom stereocenters. The molecule has 1 heterocycles. The second kappa shape index (κ2) is 10.1. The number of rotatable bonds is 6. The molecule has 35 heavy (non-hydrogen) atoms. The largest absolute Gasteiger partial charge is 0.479 e. The number of carbonyl (C=O) groups is 3. The number of carboxylic acids is 1. The van der Waals surface area contributed by atoms with Gasteiger partial charge in [-0.2, -0.15) is 0 Å². The predicted octanol–water partition coefficient (Wildman–Crippen LogP) is 3.44. The van der Waals surface area contributed by atoms with E-state index in [1.54, 1.807) is 0 Å². The Bertz CT molecular complexity index is 1070. The van der Waals surface area contributed by atoms with E-state index in [0.717, 1.165) is 24.0 Å². The van der Waals surface area contributed by atoms with E-state index in [9.17, 15) is 19.5 Å². The van der Waals surface area contributed by atoms with Crippen LogP contribution in [-0.4, -0.2) is 54.5 Å². The van der Waals surface area contributed by atoms with E-state index >= 15 is 0 Å². The van der Waals surface area contributed by atoms with E-state index in [-0.39, 0.29) is 30.4 Å². The van der Waals surface area contributed by atoms with Crippen LogP contribution in [0.3, 0.4) is 0 Å². The molecule has 1 aliphatic heterocycles.